The Bertz CT molecular complexity index is 654. The van der Waals surface area contributed by atoms with Crippen LogP contribution in [-0.2, 0) is 20.7 Å². The number of esters is 1. The molecule has 0 fully saturated rings. The number of ether oxygens (including phenoxy) is 1. The van der Waals surface area contributed by atoms with Crippen molar-refractivity contribution in [2.45, 2.75) is 19.3 Å². The first-order valence-electron chi connectivity index (χ1n) is 6.56. The van der Waals surface area contributed by atoms with Gasteiger partial charge in [-0.05, 0) is 18.2 Å². The number of H-pyrrole nitrogens is 1. The van der Waals surface area contributed by atoms with Gasteiger partial charge in [-0.25, -0.2) is 9.37 Å². The largest absolute Gasteiger partial charge is 0.469 e. The van der Waals surface area contributed by atoms with Crippen molar-refractivity contribution in [1.29, 1.82) is 0 Å². The maximum absolute atomic E-state index is 13.0. The van der Waals surface area contributed by atoms with Crippen LogP contribution < -0.4 is 5.32 Å². The monoisotopic (exact) mass is 293 g/mol. The van der Waals surface area contributed by atoms with Crippen LogP contribution in [0, 0.1) is 5.82 Å². The van der Waals surface area contributed by atoms with Crippen molar-refractivity contribution in [3.63, 3.8) is 0 Å². The van der Waals surface area contributed by atoms with Crippen LogP contribution in [0.2, 0.25) is 0 Å². The molecule has 0 unspecified atom stereocenters. The third-order valence-electron chi connectivity index (χ3n) is 2.96. The lowest BCUT2D eigenvalue weighted by molar-refractivity contribution is -0.142. The van der Waals surface area contributed by atoms with Gasteiger partial charge in [0.2, 0.25) is 5.91 Å². The quantitative estimate of drug-likeness (QED) is 0.787. The minimum Gasteiger partial charge on any atom is -0.469 e. The number of nitrogens with zero attached hydrogens (tertiary/aromatic N) is 1. The molecule has 7 heteroatoms. The van der Waals surface area contributed by atoms with Crippen molar-refractivity contribution in [2.75, 3.05) is 13.7 Å². The molecular formula is C14H16FN3O3. The van der Waals surface area contributed by atoms with Crippen LogP contribution in [0.4, 0.5) is 4.39 Å². The van der Waals surface area contributed by atoms with E-state index in [1.54, 1.807) is 6.07 Å². The van der Waals surface area contributed by atoms with Gasteiger partial charge in [0.25, 0.3) is 0 Å². The predicted octanol–water partition coefficient (Wildman–Crippen LogP) is 1.31. The van der Waals surface area contributed by atoms with Crippen molar-refractivity contribution in [1.82, 2.24) is 15.3 Å². The summed E-state index contributed by atoms with van der Waals surface area (Å²) in [5.41, 5.74) is 1.31. The number of methoxy groups -OCH3 is 1. The molecule has 112 valence electrons. The maximum Gasteiger partial charge on any atom is 0.306 e. The summed E-state index contributed by atoms with van der Waals surface area (Å²) in [4.78, 5) is 29.6. The Morgan fingerprint density at radius 3 is 2.95 bits per heavy atom. The van der Waals surface area contributed by atoms with Crippen LogP contribution in [0.5, 0.6) is 0 Å². The Morgan fingerprint density at radius 2 is 2.19 bits per heavy atom. The number of hydrogen-bond donors (Lipinski definition) is 2. The zero-order valence-corrected chi connectivity index (χ0v) is 11.6. The molecule has 0 atom stereocenters. The lowest BCUT2D eigenvalue weighted by atomic mass is 10.3. The number of aromatic amines is 1. The Morgan fingerprint density at radius 1 is 1.38 bits per heavy atom. The summed E-state index contributed by atoms with van der Waals surface area (Å²) >= 11 is 0. The summed E-state index contributed by atoms with van der Waals surface area (Å²) in [7, 11) is 1.28. The average Bonchev–Trinajstić information content (AvgIpc) is 2.86. The molecule has 2 aromatic rings. The summed E-state index contributed by atoms with van der Waals surface area (Å²) in [5, 5.41) is 2.69. The fraction of sp³-hybridized carbons (Fsp3) is 0.357. The molecule has 21 heavy (non-hydrogen) atoms. The highest BCUT2D eigenvalue weighted by atomic mass is 19.1. The van der Waals surface area contributed by atoms with Crippen LogP contribution in [-0.4, -0.2) is 35.5 Å². The number of imidazole rings is 1. The van der Waals surface area contributed by atoms with E-state index in [0.29, 0.717) is 29.8 Å². The maximum atomic E-state index is 13.0. The van der Waals surface area contributed by atoms with E-state index in [0.717, 1.165) is 0 Å². The Labute approximate surface area is 120 Å². The molecule has 1 aromatic carbocycles. The van der Waals surface area contributed by atoms with Crippen molar-refractivity contribution in [2.24, 2.45) is 0 Å². The van der Waals surface area contributed by atoms with Crippen LogP contribution in [0.1, 0.15) is 18.7 Å². The predicted molar refractivity (Wildman–Crippen MR) is 74.0 cm³/mol. The van der Waals surface area contributed by atoms with Gasteiger partial charge in [-0.2, -0.15) is 0 Å². The second-order valence-electron chi connectivity index (χ2n) is 4.52. The Balaban J connectivity index is 1.79. The molecule has 0 aliphatic rings. The minimum atomic E-state index is -0.413. The van der Waals surface area contributed by atoms with Gasteiger partial charge in [-0.3, -0.25) is 9.59 Å². The van der Waals surface area contributed by atoms with Crippen molar-refractivity contribution in [3.05, 3.63) is 29.8 Å². The number of carbonyl (C=O) groups excluding carboxylic acids is 2. The molecule has 0 aliphatic heterocycles. The highest BCUT2D eigenvalue weighted by Crippen LogP contribution is 2.12. The lowest BCUT2D eigenvalue weighted by Crippen LogP contribution is -2.26. The highest BCUT2D eigenvalue weighted by Gasteiger charge is 2.07. The van der Waals surface area contributed by atoms with Gasteiger partial charge in [0.1, 0.15) is 11.6 Å². The number of hydrogen-bond acceptors (Lipinski definition) is 4. The molecule has 0 bridgehead atoms. The number of halogens is 1. The van der Waals surface area contributed by atoms with Gasteiger partial charge < -0.3 is 15.0 Å². The number of benzene rings is 1. The Kier molecular flexibility index (Phi) is 4.86. The third kappa shape index (κ3) is 4.27. The SMILES string of the molecule is COC(=O)CCC(=O)NCCc1nc2ccc(F)cc2[nH]1. The molecular weight excluding hydrogens is 277 g/mol. The van der Waals surface area contributed by atoms with E-state index in [1.807, 2.05) is 0 Å². The first kappa shape index (κ1) is 15.0. The van der Waals surface area contributed by atoms with E-state index < -0.39 is 5.97 Å². The standard InChI is InChI=1S/C14H16FN3O3/c1-21-14(20)5-4-13(19)16-7-6-12-17-10-3-2-9(15)8-11(10)18-12/h2-3,8H,4-7H2,1H3,(H,16,19)(H,17,18). The summed E-state index contributed by atoms with van der Waals surface area (Å²) in [5.74, 6) is -0.287. The van der Waals surface area contributed by atoms with Gasteiger partial charge in [-0.1, -0.05) is 0 Å². The summed E-state index contributed by atoms with van der Waals surface area (Å²) in [6.07, 6.45) is 0.657. The Hall–Kier alpha value is -2.44. The fourth-order valence-electron chi connectivity index (χ4n) is 1.88. The summed E-state index contributed by atoms with van der Waals surface area (Å²) < 4.78 is 17.5. The smallest absolute Gasteiger partial charge is 0.306 e. The van der Waals surface area contributed by atoms with Crippen LogP contribution in [0.15, 0.2) is 18.2 Å². The highest BCUT2D eigenvalue weighted by molar-refractivity contribution is 5.81. The van der Waals surface area contributed by atoms with E-state index in [2.05, 4.69) is 20.0 Å². The molecule has 0 aliphatic carbocycles. The van der Waals surface area contributed by atoms with Gasteiger partial charge in [0.05, 0.1) is 24.6 Å². The van der Waals surface area contributed by atoms with Gasteiger partial charge in [-0.15, -0.1) is 0 Å². The molecule has 0 spiro atoms. The molecule has 0 saturated carbocycles. The zero-order chi connectivity index (χ0) is 15.2. The normalized spacial score (nSPS) is 10.6. The second-order valence-corrected chi connectivity index (χ2v) is 4.52. The zero-order valence-electron chi connectivity index (χ0n) is 11.6. The van der Waals surface area contributed by atoms with Crippen molar-refractivity contribution >= 4 is 22.9 Å². The summed E-state index contributed by atoms with van der Waals surface area (Å²) in [6, 6.07) is 4.32. The van der Waals surface area contributed by atoms with Crippen LogP contribution in [0.25, 0.3) is 11.0 Å². The third-order valence-corrected chi connectivity index (χ3v) is 2.96. The molecule has 6 nitrogen and oxygen atoms in total. The topological polar surface area (TPSA) is 84.1 Å². The number of rotatable bonds is 6. The molecule has 1 aromatic heterocycles. The van der Waals surface area contributed by atoms with E-state index in [-0.39, 0.29) is 24.6 Å². The second kappa shape index (κ2) is 6.83. The van der Waals surface area contributed by atoms with Gasteiger partial charge in [0.15, 0.2) is 0 Å². The number of amides is 1. The molecule has 2 rings (SSSR count). The first-order chi connectivity index (χ1) is 10.1. The van der Waals surface area contributed by atoms with Gasteiger partial charge >= 0.3 is 5.97 Å². The van der Waals surface area contributed by atoms with Gasteiger partial charge in [0, 0.05) is 19.4 Å². The van der Waals surface area contributed by atoms with Crippen LogP contribution >= 0.6 is 0 Å². The first-order valence-corrected chi connectivity index (χ1v) is 6.56. The minimum absolute atomic E-state index is 0.0618. The van der Waals surface area contributed by atoms with Crippen molar-refractivity contribution < 1.29 is 18.7 Å². The molecule has 1 amide bonds. The van der Waals surface area contributed by atoms with E-state index in [1.165, 1.54) is 19.2 Å². The summed E-state index contributed by atoms with van der Waals surface area (Å²) in [6.45, 7) is 0.391. The van der Waals surface area contributed by atoms with E-state index in [9.17, 15) is 14.0 Å². The fourth-order valence-corrected chi connectivity index (χ4v) is 1.88. The number of aromatic nitrogens is 2. The van der Waals surface area contributed by atoms with Crippen LogP contribution in [0.3, 0.4) is 0 Å². The number of carbonyl (C=O) groups is 2. The number of nitrogens with one attached hydrogen (secondary N) is 2. The van der Waals surface area contributed by atoms with E-state index in [4.69, 9.17) is 0 Å². The lowest BCUT2D eigenvalue weighted by Gasteiger charge is -2.03. The molecule has 1 heterocycles. The average molecular weight is 293 g/mol. The molecule has 0 radical (unpaired) electrons. The number of fused-ring (bicyclic) bond motifs is 1. The van der Waals surface area contributed by atoms with Crippen molar-refractivity contribution in [3.8, 4) is 0 Å². The van der Waals surface area contributed by atoms with E-state index >= 15 is 0 Å². The molecule has 2 N–H and O–H groups in total. The molecule has 0 saturated heterocycles.